The molecule has 0 amide bonds. The smallest absolute Gasteiger partial charge is 0.306 e. The lowest BCUT2D eigenvalue weighted by Gasteiger charge is -2.14. The Labute approximate surface area is 165 Å². The average molecular weight is 384 g/mol. The largest absolute Gasteiger partial charge is 0.458 e. The lowest BCUT2D eigenvalue weighted by atomic mass is 10.1. The third-order valence-corrected chi connectivity index (χ3v) is 4.44. The Bertz CT molecular complexity index is 705. The fraction of sp³-hybridized carbons (Fsp3) is 0.364. The number of ether oxygens (including phenoxy) is 2. The maximum absolute atomic E-state index is 12.0. The van der Waals surface area contributed by atoms with Crippen molar-refractivity contribution in [2.45, 2.75) is 51.7 Å². The molecule has 0 aromatic heterocycles. The number of nitrogens with two attached hydrogens (primary N) is 2. The summed E-state index contributed by atoms with van der Waals surface area (Å²) in [5.74, 6) is -0.569. The SMILES string of the molecule is CC(OC(=O)CCCCC(=O)OC(C)c1ccc(N)cc1)c1ccc(N)cc1. The number of nitrogen functional groups attached to an aromatic ring is 2. The molecule has 6 nitrogen and oxygen atoms in total. The zero-order valence-electron chi connectivity index (χ0n) is 16.4. The summed E-state index contributed by atoms with van der Waals surface area (Å²) in [7, 11) is 0. The number of carbonyl (C=O) groups is 2. The van der Waals surface area contributed by atoms with E-state index in [4.69, 9.17) is 20.9 Å². The van der Waals surface area contributed by atoms with Crippen LogP contribution in [0.3, 0.4) is 0 Å². The second-order valence-corrected chi connectivity index (χ2v) is 6.80. The first-order chi connectivity index (χ1) is 13.3. The van der Waals surface area contributed by atoms with Crippen LogP contribution < -0.4 is 11.5 Å². The number of hydrogen-bond donors (Lipinski definition) is 2. The summed E-state index contributed by atoms with van der Waals surface area (Å²) in [6.45, 7) is 3.64. The van der Waals surface area contributed by atoms with Crippen LogP contribution in [-0.4, -0.2) is 11.9 Å². The van der Waals surface area contributed by atoms with Gasteiger partial charge in [-0.15, -0.1) is 0 Å². The van der Waals surface area contributed by atoms with E-state index in [2.05, 4.69) is 0 Å². The van der Waals surface area contributed by atoms with Crippen molar-refractivity contribution in [3.8, 4) is 0 Å². The lowest BCUT2D eigenvalue weighted by molar-refractivity contribution is -0.151. The van der Waals surface area contributed by atoms with Crippen LogP contribution in [0.25, 0.3) is 0 Å². The van der Waals surface area contributed by atoms with Crippen LogP contribution in [-0.2, 0) is 19.1 Å². The number of esters is 2. The first-order valence-corrected chi connectivity index (χ1v) is 9.45. The molecular weight excluding hydrogens is 356 g/mol. The second-order valence-electron chi connectivity index (χ2n) is 6.80. The molecule has 6 heteroatoms. The predicted molar refractivity (Wildman–Crippen MR) is 109 cm³/mol. The molecule has 0 saturated heterocycles. The molecule has 0 radical (unpaired) electrons. The molecule has 0 aliphatic carbocycles. The Kier molecular flexibility index (Phi) is 7.87. The van der Waals surface area contributed by atoms with Gasteiger partial charge < -0.3 is 20.9 Å². The van der Waals surface area contributed by atoms with E-state index < -0.39 is 0 Å². The van der Waals surface area contributed by atoms with Crippen LogP contribution in [0, 0.1) is 0 Å². The summed E-state index contributed by atoms with van der Waals surface area (Å²) in [5, 5.41) is 0. The maximum atomic E-state index is 12.0. The molecule has 0 aliphatic heterocycles. The molecule has 0 spiro atoms. The quantitative estimate of drug-likeness (QED) is 0.379. The third kappa shape index (κ3) is 6.95. The normalized spacial score (nSPS) is 12.8. The molecule has 4 N–H and O–H groups in total. The molecule has 28 heavy (non-hydrogen) atoms. The van der Waals surface area contributed by atoms with Crippen LogP contribution in [0.1, 0.15) is 62.9 Å². The van der Waals surface area contributed by atoms with Gasteiger partial charge in [-0.05, 0) is 62.1 Å². The van der Waals surface area contributed by atoms with Crippen molar-refractivity contribution in [3.05, 3.63) is 59.7 Å². The Morgan fingerprint density at radius 2 is 1.04 bits per heavy atom. The van der Waals surface area contributed by atoms with Crippen molar-refractivity contribution < 1.29 is 19.1 Å². The Morgan fingerprint density at radius 3 is 1.36 bits per heavy atom. The highest BCUT2D eigenvalue weighted by atomic mass is 16.5. The van der Waals surface area contributed by atoms with E-state index in [1.165, 1.54) is 0 Å². The first-order valence-electron chi connectivity index (χ1n) is 9.45. The minimum atomic E-state index is -0.334. The third-order valence-electron chi connectivity index (χ3n) is 4.44. The summed E-state index contributed by atoms with van der Waals surface area (Å²) >= 11 is 0. The van der Waals surface area contributed by atoms with Gasteiger partial charge in [-0.2, -0.15) is 0 Å². The van der Waals surface area contributed by atoms with E-state index in [1.54, 1.807) is 24.3 Å². The minimum Gasteiger partial charge on any atom is -0.458 e. The summed E-state index contributed by atoms with van der Waals surface area (Å²) < 4.78 is 10.8. The molecule has 2 aromatic carbocycles. The lowest BCUT2D eigenvalue weighted by Crippen LogP contribution is -2.10. The van der Waals surface area contributed by atoms with Gasteiger partial charge >= 0.3 is 11.9 Å². The van der Waals surface area contributed by atoms with Crippen molar-refractivity contribution in [2.75, 3.05) is 11.5 Å². The molecular formula is C22H28N2O4. The average Bonchev–Trinajstić information content (AvgIpc) is 2.66. The highest BCUT2D eigenvalue weighted by Crippen LogP contribution is 2.20. The van der Waals surface area contributed by atoms with Gasteiger partial charge in [0.1, 0.15) is 12.2 Å². The Hall–Kier alpha value is -3.02. The highest BCUT2D eigenvalue weighted by Gasteiger charge is 2.14. The zero-order chi connectivity index (χ0) is 20.5. The van der Waals surface area contributed by atoms with E-state index in [-0.39, 0.29) is 37.0 Å². The van der Waals surface area contributed by atoms with Crippen molar-refractivity contribution in [3.63, 3.8) is 0 Å². The van der Waals surface area contributed by atoms with Crippen molar-refractivity contribution in [1.29, 1.82) is 0 Å². The molecule has 0 saturated carbocycles. The van der Waals surface area contributed by atoms with Gasteiger partial charge in [0, 0.05) is 24.2 Å². The molecule has 0 bridgehead atoms. The Balaban J connectivity index is 1.64. The van der Waals surface area contributed by atoms with Gasteiger partial charge in [-0.25, -0.2) is 0 Å². The van der Waals surface area contributed by atoms with Gasteiger partial charge in [0.2, 0.25) is 0 Å². The highest BCUT2D eigenvalue weighted by molar-refractivity contribution is 5.71. The molecule has 2 unspecified atom stereocenters. The molecule has 2 rings (SSSR count). The predicted octanol–water partition coefficient (Wildman–Crippen LogP) is 4.32. The summed E-state index contributed by atoms with van der Waals surface area (Å²) in [6, 6.07) is 14.5. The van der Waals surface area contributed by atoms with E-state index in [9.17, 15) is 9.59 Å². The summed E-state index contributed by atoms with van der Waals surface area (Å²) in [4.78, 5) is 23.9. The summed E-state index contributed by atoms with van der Waals surface area (Å²) in [5.41, 5.74) is 14.4. The van der Waals surface area contributed by atoms with Gasteiger partial charge in [-0.1, -0.05) is 24.3 Å². The molecule has 2 atom stereocenters. The number of benzene rings is 2. The summed E-state index contributed by atoms with van der Waals surface area (Å²) in [6.07, 6.45) is 0.995. The van der Waals surface area contributed by atoms with Crippen LogP contribution in [0.2, 0.25) is 0 Å². The van der Waals surface area contributed by atoms with Crippen LogP contribution in [0.15, 0.2) is 48.5 Å². The maximum Gasteiger partial charge on any atom is 0.306 e. The van der Waals surface area contributed by atoms with Crippen molar-refractivity contribution >= 4 is 23.3 Å². The second kappa shape index (κ2) is 10.3. The number of anilines is 2. The first kappa shape index (κ1) is 21.3. The standard InChI is InChI=1S/C22H28N2O4/c1-15(17-7-11-19(23)12-8-17)27-21(25)5-3-4-6-22(26)28-16(2)18-9-13-20(24)14-10-18/h7-16H,3-6,23-24H2,1-2H3. The zero-order valence-corrected chi connectivity index (χ0v) is 16.4. The fourth-order valence-corrected chi connectivity index (χ4v) is 2.72. The van der Waals surface area contributed by atoms with Gasteiger partial charge in [0.15, 0.2) is 0 Å². The van der Waals surface area contributed by atoms with Crippen LogP contribution in [0.4, 0.5) is 11.4 Å². The van der Waals surface area contributed by atoms with Gasteiger partial charge in [0.05, 0.1) is 0 Å². The number of unbranched alkanes of at least 4 members (excludes halogenated alkanes) is 1. The van der Waals surface area contributed by atoms with Gasteiger partial charge in [0.25, 0.3) is 0 Å². The van der Waals surface area contributed by atoms with E-state index in [1.807, 2.05) is 38.1 Å². The van der Waals surface area contributed by atoms with Crippen LogP contribution >= 0.6 is 0 Å². The Morgan fingerprint density at radius 1 is 0.714 bits per heavy atom. The number of rotatable bonds is 9. The molecule has 150 valence electrons. The fourth-order valence-electron chi connectivity index (χ4n) is 2.72. The van der Waals surface area contributed by atoms with Crippen molar-refractivity contribution in [1.82, 2.24) is 0 Å². The molecule has 2 aromatic rings. The van der Waals surface area contributed by atoms with E-state index in [0.29, 0.717) is 24.2 Å². The van der Waals surface area contributed by atoms with E-state index >= 15 is 0 Å². The minimum absolute atomic E-state index is 0.264. The number of carbonyl (C=O) groups excluding carboxylic acids is 2. The number of hydrogen-bond acceptors (Lipinski definition) is 6. The monoisotopic (exact) mass is 384 g/mol. The topological polar surface area (TPSA) is 105 Å². The van der Waals surface area contributed by atoms with Crippen LogP contribution in [0.5, 0.6) is 0 Å². The molecule has 0 heterocycles. The molecule has 0 fully saturated rings. The molecule has 0 aliphatic rings. The van der Waals surface area contributed by atoms with Gasteiger partial charge in [-0.3, -0.25) is 9.59 Å². The van der Waals surface area contributed by atoms with Crippen molar-refractivity contribution in [2.24, 2.45) is 0 Å². The van der Waals surface area contributed by atoms with E-state index in [0.717, 1.165) is 11.1 Å².